The van der Waals surface area contributed by atoms with E-state index in [9.17, 15) is 13.2 Å². The van der Waals surface area contributed by atoms with Crippen LogP contribution >= 0.6 is 0 Å². The first-order chi connectivity index (χ1) is 11.9. The van der Waals surface area contributed by atoms with Crippen molar-refractivity contribution in [2.45, 2.75) is 0 Å². The Balaban J connectivity index is 1.72. The molecule has 1 aliphatic rings. The zero-order valence-electron chi connectivity index (χ0n) is 14.8. The van der Waals surface area contributed by atoms with Crippen LogP contribution in [0.1, 0.15) is 5.56 Å². The van der Waals surface area contributed by atoms with E-state index in [1.165, 1.54) is 19.7 Å². The summed E-state index contributed by atoms with van der Waals surface area (Å²) in [6, 6.07) is 10.1. The highest BCUT2D eigenvalue weighted by atomic mass is 32.2. The second-order valence-electron chi connectivity index (χ2n) is 6.10. The molecule has 1 aliphatic heterocycles. The minimum Gasteiger partial charge on any atom is -0.339 e. The van der Waals surface area contributed by atoms with Crippen LogP contribution in [-0.2, 0) is 15.0 Å². The van der Waals surface area contributed by atoms with E-state index in [4.69, 9.17) is 0 Å². The molecular weight excluding hydrogens is 340 g/mol. The Labute approximate surface area is 150 Å². The highest BCUT2D eigenvalue weighted by molar-refractivity contribution is 7.87. The van der Waals surface area contributed by atoms with Crippen LogP contribution < -0.4 is 4.72 Å². The van der Waals surface area contributed by atoms with Gasteiger partial charge in [0.2, 0.25) is 5.91 Å². The monoisotopic (exact) mass is 366 g/mol. The summed E-state index contributed by atoms with van der Waals surface area (Å²) < 4.78 is 26.6. The Kier molecular flexibility index (Phi) is 7.12. The van der Waals surface area contributed by atoms with Crippen molar-refractivity contribution < 1.29 is 13.2 Å². The highest BCUT2D eigenvalue weighted by Crippen LogP contribution is 2.05. The summed E-state index contributed by atoms with van der Waals surface area (Å²) in [6.07, 6.45) is 4.21. The molecule has 0 aromatic heterocycles. The molecule has 1 aromatic rings. The van der Waals surface area contributed by atoms with Crippen molar-refractivity contribution >= 4 is 22.2 Å². The van der Waals surface area contributed by atoms with E-state index < -0.39 is 10.2 Å². The zero-order valence-corrected chi connectivity index (χ0v) is 15.6. The van der Waals surface area contributed by atoms with Crippen LogP contribution in [0.3, 0.4) is 0 Å². The van der Waals surface area contributed by atoms with Gasteiger partial charge in [-0.1, -0.05) is 42.5 Å². The van der Waals surface area contributed by atoms with Crippen LogP contribution in [0, 0.1) is 0 Å². The normalized spacial score (nSPS) is 16.7. The number of carbonyl (C=O) groups excluding carboxylic acids is 1. The Morgan fingerprint density at radius 1 is 1.16 bits per heavy atom. The minimum absolute atomic E-state index is 0.190. The summed E-state index contributed by atoms with van der Waals surface area (Å²) >= 11 is 0. The number of nitrogens with one attached hydrogen (secondary N) is 1. The van der Waals surface area contributed by atoms with Crippen LogP contribution in [0.2, 0.25) is 0 Å². The lowest BCUT2D eigenvalue weighted by molar-refractivity contribution is -0.131. The number of rotatable bonds is 7. The molecule has 0 saturated carbocycles. The van der Waals surface area contributed by atoms with Crippen molar-refractivity contribution in [1.29, 1.82) is 0 Å². The molecule has 0 aliphatic carbocycles. The second kappa shape index (κ2) is 9.10. The Bertz CT molecular complexity index is 681. The molecular formula is C17H26N4O3S. The van der Waals surface area contributed by atoms with Crippen molar-refractivity contribution in [3.05, 3.63) is 42.0 Å². The van der Waals surface area contributed by atoms with Gasteiger partial charge in [-0.15, -0.1) is 0 Å². The number of amides is 1. The fourth-order valence-corrected chi connectivity index (χ4v) is 3.04. The van der Waals surface area contributed by atoms with Crippen molar-refractivity contribution in [1.82, 2.24) is 18.8 Å². The summed E-state index contributed by atoms with van der Waals surface area (Å²) in [7, 11) is -0.715. The Morgan fingerprint density at radius 3 is 2.40 bits per heavy atom. The van der Waals surface area contributed by atoms with Gasteiger partial charge in [-0.25, -0.2) is 0 Å². The van der Waals surface area contributed by atoms with Gasteiger partial charge in [0.15, 0.2) is 0 Å². The Hall–Kier alpha value is -1.74. The number of nitrogens with zero attached hydrogens (tertiary/aromatic N) is 3. The van der Waals surface area contributed by atoms with E-state index in [0.29, 0.717) is 13.1 Å². The van der Waals surface area contributed by atoms with E-state index in [-0.39, 0.29) is 12.5 Å². The predicted octanol–water partition coefficient (Wildman–Crippen LogP) is 0.240. The molecule has 1 saturated heterocycles. The Morgan fingerprint density at radius 2 is 1.80 bits per heavy atom. The maximum Gasteiger partial charge on any atom is 0.279 e. The van der Waals surface area contributed by atoms with E-state index in [1.54, 1.807) is 4.90 Å². The van der Waals surface area contributed by atoms with Gasteiger partial charge in [0.25, 0.3) is 10.2 Å². The van der Waals surface area contributed by atoms with Crippen molar-refractivity contribution in [3.63, 3.8) is 0 Å². The molecule has 7 nitrogen and oxygen atoms in total. The summed E-state index contributed by atoms with van der Waals surface area (Å²) in [5.41, 5.74) is 1.17. The molecule has 2 rings (SSSR count). The van der Waals surface area contributed by atoms with E-state index in [0.717, 1.165) is 23.9 Å². The van der Waals surface area contributed by atoms with E-state index in [1.807, 2.05) is 18.2 Å². The maximum absolute atomic E-state index is 12.1. The average Bonchev–Trinajstić information content (AvgIpc) is 2.61. The zero-order chi connectivity index (χ0) is 18.3. The molecule has 0 atom stereocenters. The summed E-state index contributed by atoms with van der Waals surface area (Å²) in [5.74, 6) is -0.190. The topological polar surface area (TPSA) is 73.0 Å². The van der Waals surface area contributed by atoms with Gasteiger partial charge >= 0.3 is 0 Å². The van der Waals surface area contributed by atoms with Gasteiger partial charge in [-0.2, -0.15) is 17.4 Å². The van der Waals surface area contributed by atoms with Crippen molar-refractivity contribution in [2.75, 3.05) is 53.4 Å². The van der Waals surface area contributed by atoms with Crippen LogP contribution in [0.4, 0.5) is 0 Å². The number of piperazine rings is 1. The molecule has 1 heterocycles. The molecule has 8 heteroatoms. The molecule has 1 N–H and O–H groups in total. The van der Waals surface area contributed by atoms with Crippen LogP contribution in [0.15, 0.2) is 36.4 Å². The molecule has 0 unspecified atom stereocenters. The lowest BCUT2D eigenvalue weighted by Crippen LogP contribution is -2.51. The lowest BCUT2D eigenvalue weighted by atomic mass is 10.2. The molecule has 138 valence electrons. The van der Waals surface area contributed by atoms with Gasteiger partial charge < -0.3 is 4.90 Å². The van der Waals surface area contributed by atoms with E-state index in [2.05, 4.69) is 33.9 Å². The smallest absolute Gasteiger partial charge is 0.279 e. The first-order valence-corrected chi connectivity index (χ1v) is 9.71. The lowest BCUT2D eigenvalue weighted by Gasteiger charge is -2.34. The second-order valence-corrected chi connectivity index (χ2v) is 8.07. The molecule has 0 bridgehead atoms. The largest absolute Gasteiger partial charge is 0.339 e. The van der Waals surface area contributed by atoms with E-state index >= 15 is 0 Å². The summed E-state index contributed by atoms with van der Waals surface area (Å²) in [5, 5.41) is 0. The van der Waals surface area contributed by atoms with Gasteiger partial charge in [0, 0.05) is 46.8 Å². The first-order valence-electron chi connectivity index (χ1n) is 8.27. The van der Waals surface area contributed by atoms with Crippen LogP contribution in [0.5, 0.6) is 0 Å². The van der Waals surface area contributed by atoms with Crippen LogP contribution in [0.25, 0.3) is 6.08 Å². The number of benzene rings is 1. The van der Waals surface area contributed by atoms with Crippen molar-refractivity contribution in [2.24, 2.45) is 0 Å². The molecule has 1 amide bonds. The molecule has 0 radical (unpaired) electrons. The molecule has 1 fully saturated rings. The third kappa shape index (κ3) is 6.24. The van der Waals surface area contributed by atoms with Gasteiger partial charge in [0.05, 0.1) is 6.54 Å². The third-order valence-corrected chi connectivity index (χ3v) is 5.56. The van der Waals surface area contributed by atoms with Gasteiger partial charge in [0.1, 0.15) is 0 Å². The number of hydrogen-bond donors (Lipinski definition) is 1. The highest BCUT2D eigenvalue weighted by Gasteiger charge is 2.22. The molecule has 1 aromatic carbocycles. The minimum atomic E-state index is -3.56. The average molecular weight is 366 g/mol. The SMILES string of the molecule is CN(C)S(=O)(=O)NCC(=O)N1CCN(C/C=C/c2ccccc2)CC1. The van der Waals surface area contributed by atoms with Gasteiger partial charge in [-0.05, 0) is 5.56 Å². The predicted molar refractivity (Wildman–Crippen MR) is 99.1 cm³/mol. The number of hydrogen-bond acceptors (Lipinski definition) is 4. The molecule has 25 heavy (non-hydrogen) atoms. The number of carbonyl (C=O) groups is 1. The first kappa shape index (κ1) is 19.6. The fourth-order valence-electron chi connectivity index (χ4n) is 2.48. The molecule has 0 spiro atoms. The van der Waals surface area contributed by atoms with Crippen LogP contribution in [-0.4, -0.2) is 81.8 Å². The third-order valence-electron chi connectivity index (χ3n) is 4.08. The van der Waals surface area contributed by atoms with Crippen molar-refractivity contribution in [3.8, 4) is 0 Å². The summed E-state index contributed by atoms with van der Waals surface area (Å²) in [4.78, 5) is 16.1. The summed E-state index contributed by atoms with van der Waals surface area (Å²) in [6.45, 7) is 3.43. The standard InChI is InChI=1S/C17H26N4O3S/c1-19(2)25(23,24)18-15-17(22)21-13-11-20(12-14-21)10-6-9-16-7-4-3-5-8-16/h3-9,18H,10-15H2,1-2H3/b9-6+. The fraction of sp³-hybridized carbons (Fsp3) is 0.471. The quantitative estimate of drug-likeness (QED) is 0.750. The maximum atomic E-state index is 12.1. The van der Waals surface area contributed by atoms with Gasteiger partial charge in [-0.3, -0.25) is 9.69 Å².